The maximum Gasteiger partial charge on any atom is 0.321 e. The lowest BCUT2D eigenvalue weighted by molar-refractivity contribution is -0.138. The summed E-state index contributed by atoms with van der Waals surface area (Å²) in [6.07, 6.45) is 0. The normalized spacial score (nSPS) is 17.2. The molecule has 0 bridgehead atoms. The SMILES string of the molecule is CC(=O)N1CCN(C(=O)CSC[C@H](N)C(=O)O)CC1. The molecule has 0 unspecified atom stereocenters. The van der Waals surface area contributed by atoms with Crippen LogP contribution in [0.1, 0.15) is 6.92 Å². The predicted octanol–water partition coefficient (Wildman–Crippen LogP) is -1.18. The van der Waals surface area contributed by atoms with E-state index in [9.17, 15) is 14.4 Å². The first-order chi connectivity index (χ1) is 8.91. The van der Waals surface area contributed by atoms with Gasteiger partial charge in [-0.1, -0.05) is 0 Å². The van der Waals surface area contributed by atoms with E-state index in [1.807, 2.05) is 0 Å². The molecule has 1 aliphatic rings. The second-order valence-corrected chi connectivity index (χ2v) is 5.38. The second kappa shape index (κ2) is 7.34. The average Bonchev–Trinajstić information content (AvgIpc) is 2.38. The van der Waals surface area contributed by atoms with Gasteiger partial charge in [0.2, 0.25) is 11.8 Å². The monoisotopic (exact) mass is 289 g/mol. The van der Waals surface area contributed by atoms with E-state index >= 15 is 0 Å². The predicted molar refractivity (Wildman–Crippen MR) is 71.8 cm³/mol. The smallest absolute Gasteiger partial charge is 0.321 e. The number of nitrogens with zero attached hydrogens (tertiary/aromatic N) is 2. The first-order valence-corrected chi connectivity index (χ1v) is 7.16. The van der Waals surface area contributed by atoms with Crippen LogP contribution in [-0.2, 0) is 14.4 Å². The van der Waals surface area contributed by atoms with E-state index in [1.54, 1.807) is 9.80 Å². The molecule has 1 atom stereocenters. The number of aliphatic carboxylic acids is 1. The Labute approximate surface area is 116 Å². The molecule has 0 saturated carbocycles. The summed E-state index contributed by atoms with van der Waals surface area (Å²) in [5, 5.41) is 8.61. The van der Waals surface area contributed by atoms with Crippen molar-refractivity contribution >= 4 is 29.5 Å². The molecule has 19 heavy (non-hydrogen) atoms. The topological polar surface area (TPSA) is 104 Å². The van der Waals surface area contributed by atoms with Crippen LogP contribution in [0.5, 0.6) is 0 Å². The van der Waals surface area contributed by atoms with E-state index in [2.05, 4.69) is 0 Å². The quantitative estimate of drug-likeness (QED) is 0.660. The van der Waals surface area contributed by atoms with Crippen molar-refractivity contribution in [2.75, 3.05) is 37.7 Å². The number of amides is 2. The van der Waals surface area contributed by atoms with Crippen LogP contribution >= 0.6 is 11.8 Å². The molecule has 0 aromatic heterocycles. The maximum atomic E-state index is 11.8. The molecule has 7 nitrogen and oxygen atoms in total. The fraction of sp³-hybridized carbons (Fsp3) is 0.727. The highest BCUT2D eigenvalue weighted by Gasteiger charge is 2.22. The minimum Gasteiger partial charge on any atom is -0.480 e. The zero-order valence-electron chi connectivity index (χ0n) is 10.9. The van der Waals surface area contributed by atoms with E-state index in [-0.39, 0.29) is 23.3 Å². The van der Waals surface area contributed by atoms with E-state index in [1.165, 1.54) is 18.7 Å². The van der Waals surface area contributed by atoms with Gasteiger partial charge in [-0.05, 0) is 0 Å². The van der Waals surface area contributed by atoms with Gasteiger partial charge in [-0.3, -0.25) is 14.4 Å². The first kappa shape index (κ1) is 15.8. The van der Waals surface area contributed by atoms with Crippen LogP contribution in [-0.4, -0.2) is 76.4 Å². The summed E-state index contributed by atoms with van der Waals surface area (Å²) in [7, 11) is 0. The fourth-order valence-corrected chi connectivity index (χ4v) is 2.58. The third-order valence-corrected chi connectivity index (χ3v) is 3.96. The Balaban J connectivity index is 2.24. The van der Waals surface area contributed by atoms with Crippen molar-refractivity contribution in [3.63, 3.8) is 0 Å². The minimum atomic E-state index is -1.06. The van der Waals surface area contributed by atoms with E-state index in [0.29, 0.717) is 26.2 Å². The van der Waals surface area contributed by atoms with Gasteiger partial charge in [0.1, 0.15) is 6.04 Å². The van der Waals surface area contributed by atoms with Crippen molar-refractivity contribution in [1.82, 2.24) is 9.80 Å². The van der Waals surface area contributed by atoms with Crippen LogP contribution in [0.3, 0.4) is 0 Å². The largest absolute Gasteiger partial charge is 0.480 e. The molecule has 1 saturated heterocycles. The number of hydrogen-bond acceptors (Lipinski definition) is 5. The third kappa shape index (κ3) is 5.07. The number of carbonyl (C=O) groups excluding carboxylic acids is 2. The highest BCUT2D eigenvalue weighted by Crippen LogP contribution is 2.08. The highest BCUT2D eigenvalue weighted by molar-refractivity contribution is 8.00. The third-order valence-electron chi connectivity index (χ3n) is 2.92. The standard InChI is InChI=1S/C11H19N3O4S/c1-8(15)13-2-4-14(5-3-13)10(16)7-19-6-9(12)11(17)18/h9H,2-7,12H2,1H3,(H,17,18)/t9-/m0/s1. The van der Waals surface area contributed by atoms with Gasteiger partial charge in [0, 0.05) is 38.9 Å². The first-order valence-electron chi connectivity index (χ1n) is 6.01. The van der Waals surface area contributed by atoms with Crippen molar-refractivity contribution in [2.24, 2.45) is 5.73 Å². The Morgan fingerprint density at radius 2 is 1.74 bits per heavy atom. The number of carboxylic acid groups (broad SMARTS) is 1. The van der Waals surface area contributed by atoms with Gasteiger partial charge in [-0.2, -0.15) is 0 Å². The van der Waals surface area contributed by atoms with Gasteiger partial charge < -0.3 is 20.6 Å². The Morgan fingerprint density at radius 1 is 1.21 bits per heavy atom. The molecule has 2 amide bonds. The Hall–Kier alpha value is -1.28. The molecule has 0 aromatic rings. The molecule has 0 aromatic carbocycles. The molecule has 3 N–H and O–H groups in total. The van der Waals surface area contributed by atoms with Crippen molar-refractivity contribution in [3.05, 3.63) is 0 Å². The van der Waals surface area contributed by atoms with Crippen LogP contribution in [0, 0.1) is 0 Å². The van der Waals surface area contributed by atoms with Crippen LogP contribution in [0.4, 0.5) is 0 Å². The molecule has 1 aliphatic heterocycles. The molecule has 0 radical (unpaired) electrons. The number of piperazine rings is 1. The summed E-state index contributed by atoms with van der Waals surface area (Å²) in [5.41, 5.74) is 5.34. The van der Waals surface area contributed by atoms with E-state index in [0.717, 1.165) is 0 Å². The number of nitrogens with two attached hydrogens (primary N) is 1. The number of carbonyl (C=O) groups is 3. The molecule has 108 valence electrons. The lowest BCUT2D eigenvalue weighted by Gasteiger charge is -2.34. The van der Waals surface area contributed by atoms with Crippen LogP contribution < -0.4 is 5.73 Å². The number of rotatable bonds is 5. The molecular weight excluding hydrogens is 270 g/mol. The fourth-order valence-electron chi connectivity index (χ4n) is 1.71. The number of carboxylic acids is 1. The summed E-state index contributed by atoms with van der Waals surface area (Å²) in [6, 6.07) is -0.938. The average molecular weight is 289 g/mol. The summed E-state index contributed by atoms with van der Waals surface area (Å²) < 4.78 is 0. The van der Waals surface area contributed by atoms with Crippen molar-refractivity contribution in [2.45, 2.75) is 13.0 Å². The van der Waals surface area contributed by atoms with Gasteiger partial charge >= 0.3 is 5.97 Å². The molecule has 0 spiro atoms. The summed E-state index contributed by atoms with van der Waals surface area (Å²) in [6.45, 7) is 3.69. The van der Waals surface area contributed by atoms with Crippen LogP contribution in [0.15, 0.2) is 0 Å². The summed E-state index contributed by atoms with van der Waals surface area (Å²) >= 11 is 1.22. The maximum absolute atomic E-state index is 11.8. The summed E-state index contributed by atoms with van der Waals surface area (Å²) in [4.78, 5) is 36.9. The number of thioether (sulfide) groups is 1. The zero-order chi connectivity index (χ0) is 14.4. The summed E-state index contributed by atoms with van der Waals surface area (Å²) in [5.74, 6) is -0.634. The second-order valence-electron chi connectivity index (χ2n) is 4.35. The van der Waals surface area contributed by atoms with Crippen molar-refractivity contribution in [3.8, 4) is 0 Å². The molecule has 1 fully saturated rings. The van der Waals surface area contributed by atoms with Crippen molar-refractivity contribution < 1.29 is 19.5 Å². The molecule has 1 rings (SSSR count). The van der Waals surface area contributed by atoms with Gasteiger partial charge in [0.15, 0.2) is 0 Å². The minimum absolute atomic E-state index is 0.0221. The van der Waals surface area contributed by atoms with E-state index in [4.69, 9.17) is 10.8 Å². The Morgan fingerprint density at radius 3 is 2.21 bits per heavy atom. The number of hydrogen-bond donors (Lipinski definition) is 2. The van der Waals surface area contributed by atoms with E-state index < -0.39 is 12.0 Å². The molecular formula is C11H19N3O4S. The lowest BCUT2D eigenvalue weighted by atomic mass is 10.3. The van der Waals surface area contributed by atoms with Gasteiger partial charge in [0.25, 0.3) is 0 Å². The highest BCUT2D eigenvalue weighted by atomic mass is 32.2. The van der Waals surface area contributed by atoms with Crippen LogP contribution in [0.25, 0.3) is 0 Å². The van der Waals surface area contributed by atoms with Gasteiger partial charge in [0.05, 0.1) is 5.75 Å². The lowest BCUT2D eigenvalue weighted by Crippen LogP contribution is -2.50. The molecule has 8 heteroatoms. The van der Waals surface area contributed by atoms with Gasteiger partial charge in [-0.15, -0.1) is 11.8 Å². The molecule has 1 heterocycles. The van der Waals surface area contributed by atoms with Crippen molar-refractivity contribution in [1.29, 1.82) is 0 Å². The zero-order valence-corrected chi connectivity index (χ0v) is 11.7. The Bertz CT molecular complexity index is 356. The molecule has 0 aliphatic carbocycles. The van der Waals surface area contributed by atoms with Gasteiger partial charge in [-0.25, -0.2) is 0 Å². The van der Waals surface area contributed by atoms with Crippen LogP contribution in [0.2, 0.25) is 0 Å². The Kier molecular flexibility index (Phi) is 6.10.